The predicted octanol–water partition coefficient (Wildman–Crippen LogP) is 2.28. The first kappa shape index (κ1) is 23.1. The maximum atomic E-state index is 11.2. The van der Waals surface area contributed by atoms with E-state index in [0.717, 1.165) is 11.1 Å². The molecule has 0 saturated heterocycles. The SMILES string of the molecule is COc1ccc(C(C)NCC(O)COc2ccc(-c3ncc(C(N)=O)[nH]3)cc2)cc1OC. The first-order valence-corrected chi connectivity index (χ1v) is 10.1. The van der Waals surface area contributed by atoms with Gasteiger partial charge in [-0.15, -0.1) is 0 Å². The number of amides is 1. The van der Waals surface area contributed by atoms with E-state index in [-0.39, 0.29) is 18.3 Å². The molecule has 2 aromatic carbocycles. The largest absolute Gasteiger partial charge is 0.493 e. The molecule has 3 aromatic rings. The van der Waals surface area contributed by atoms with Crippen molar-refractivity contribution in [3.05, 3.63) is 59.9 Å². The van der Waals surface area contributed by atoms with Crippen LogP contribution in [0.4, 0.5) is 0 Å². The van der Waals surface area contributed by atoms with Crippen molar-refractivity contribution < 1.29 is 24.1 Å². The summed E-state index contributed by atoms with van der Waals surface area (Å²) >= 11 is 0. The van der Waals surface area contributed by atoms with E-state index in [1.165, 1.54) is 6.20 Å². The van der Waals surface area contributed by atoms with Crippen LogP contribution in [-0.4, -0.2) is 54.5 Å². The van der Waals surface area contributed by atoms with Crippen LogP contribution in [0.15, 0.2) is 48.7 Å². The van der Waals surface area contributed by atoms with E-state index in [1.807, 2.05) is 37.3 Å². The Balaban J connectivity index is 1.48. The number of nitrogens with one attached hydrogen (secondary N) is 2. The number of nitrogens with two attached hydrogens (primary N) is 1. The van der Waals surface area contributed by atoms with E-state index in [1.54, 1.807) is 26.4 Å². The molecule has 9 nitrogen and oxygen atoms in total. The number of nitrogens with zero attached hydrogens (tertiary/aromatic N) is 1. The molecular formula is C23H28N4O5. The number of methoxy groups -OCH3 is 2. The molecule has 9 heteroatoms. The molecule has 1 aromatic heterocycles. The van der Waals surface area contributed by atoms with Crippen molar-refractivity contribution in [3.63, 3.8) is 0 Å². The Morgan fingerprint density at radius 3 is 2.50 bits per heavy atom. The van der Waals surface area contributed by atoms with Crippen LogP contribution in [0, 0.1) is 0 Å². The molecule has 1 amide bonds. The second-order valence-electron chi connectivity index (χ2n) is 7.24. The summed E-state index contributed by atoms with van der Waals surface area (Å²) in [4.78, 5) is 18.2. The molecule has 2 atom stereocenters. The Bertz CT molecular complexity index is 1040. The topological polar surface area (TPSA) is 132 Å². The van der Waals surface area contributed by atoms with Gasteiger partial charge in [-0.25, -0.2) is 4.98 Å². The van der Waals surface area contributed by atoms with Crippen molar-refractivity contribution in [2.75, 3.05) is 27.4 Å². The summed E-state index contributed by atoms with van der Waals surface area (Å²) in [6.07, 6.45) is 0.703. The third kappa shape index (κ3) is 5.77. The Morgan fingerprint density at radius 1 is 1.16 bits per heavy atom. The number of hydrogen-bond donors (Lipinski definition) is 4. The number of imidazole rings is 1. The van der Waals surface area contributed by atoms with E-state index in [0.29, 0.717) is 29.6 Å². The standard InChI is InChI=1S/C23H28N4O5/c1-14(16-6-9-20(30-2)21(10-16)31-3)25-11-17(28)13-32-18-7-4-15(5-8-18)23-26-12-19(27-23)22(24)29/h4-10,12,14,17,25,28H,11,13H2,1-3H3,(H2,24,29)(H,26,27). The van der Waals surface area contributed by atoms with Crippen LogP contribution in [0.1, 0.15) is 29.0 Å². The number of aromatic amines is 1. The minimum Gasteiger partial charge on any atom is -0.493 e. The van der Waals surface area contributed by atoms with E-state index in [9.17, 15) is 9.90 Å². The highest BCUT2D eigenvalue weighted by Gasteiger charge is 2.13. The summed E-state index contributed by atoms with van der Waals surface area (Å²) in [6, 6.07) is 12.9. The fourth-order valence-electron chi connectivity index (χ4n) is 3.11. The van der Waals surface area contributed by atoms with Gasteiger partial charge in [-0.3, -0.25) is 4.79 Å². The van der Waals surface area contributed by atoms with Crippen molar-refractivity contribution >= 4 is 5.91 Å². The molecule has 3 rings (SSSR count). The number of aromatic nitrogens is 2. The molecule has 2 unspecified atom stereocenters. The van der Waals surface area contributed by atoms with Crippen LogP contribution >= 0.6 is 0 Å². The summed E-state index contributed by atoms with van der Waals surface area (Å²) in [5.41, 5.74) is 7.28. The van der Waals surface area contributed by atoms with Crippen LogP contribution < -0.4 is 25.3 Å². The van der Waals surface area contributed by atoms with Crippen molar-refractivity contribution in [2.45, 2.75) is 19.1 Å². The summed E-state index contributed by atoms with van der Waals surface area (Å²) < 4.78 is 16.3. The first-order valence-electron chi connectivity index (χ1n) is 10.1. The van der Waals surface area contributed by atoms with Gasteiger partial charge in [0.1, 0.15) is 30.0 Å². The minimum atomic E-state index is -0.694. The van der Waals surface area contributed by atoms with Crippen molar-refractivity contribution in [1.82, 2.24) is 15.3 Å². The van der Waals surface area contributed by atoms with Crippen molar-refractivity contribution in [2.24, 2.45) is 5.73 Å². The van der Waals surface area contributed by atoms with E-state index in [2.05, 4.69) is 15.3 Å². The molecule has 0 saturated carbocycles. The monoisotopic (exact) mass is 440 g/mol. The van der Waals surface area contributed by atoms with Crippen LogP contribution in [-0.2, 0) is 0 Å². The Morgan fingerprint density at radius 2 is 1.88 bits per heavy atom. The average molecular weight is 441 g/mol. The highest BCUT2D eigenvalue weighted by Crippen LogP contribution is 2.29. The van der Waals surface area contributed by atoms with Crippen LogP contribution in [0.2, 0.25) is 0 Å². The second-order valence-corrected chi connectivity index (χ2v) is 7.24. The molecule has 5 N–H and O–H groups in total. The summed E-state index contributed by atoms with van der Waals surface area (Å²) in [5.74, 6) is 1.92. The maximum absolute atomic E-state index is 11.2. The molecular weight excluding hydrogens is 412 g/mol. The van der Waals surface area contributed by atoms with Crippen molar-refractivity contribution in [1.29, 1.82) is 0 Å². The van der Waals surface area contributed by atoms with E-state index < -0.39 is 12.0 Å². The van der Waals surface area contributed by atoms with Gasteiger partial charge in [0.2, 0.25) is 0 Å². The van der Waals surface area contributed by atoms with Gasteiger partial charge in [0.25, 0.3) is 5.91 Å². The summed E-state index contributed by atoms with van der Waals surface area (Å²) in [6.45, 7) is 2.50. The van der Waals surface area contributed by atoms with Gasteiger partial charge in [0.15, 0.2) is 11.5 Å². The Labute approximate surface area is 186 Å². The Hall–Kier alpha value is -3.56. The lowest BCUT2D eigenvalue weighted by Crippen LogP contribution is -2.33. The Kier molecular flexibility index (Phi) is 7.69. The second kappa shape index (κ2) is 10.7. The summed E-state index contributed by atoms with van der Waals surface area (Å²) in [7, 11) is 3.19. The van der Waals surface area contributed by atoms with Gasteiger partial charge in [-0.1, -0.05) is 6.07 Å². The number of ether oxygens (including phenoxy) is 3. The number of aliphatic hydroxyl groups excluding tert-OH is 1. The van der Waals surface area contributed by atoms with Crippen LogP contribution in [0.5, 0.6) is 17.2 Å². The molecule has 0 aliphatic heterocycles. The van der Waals surface area contributed by atoms with Crippen LogP contribution in [0.25, 0.3) is 11.4 Å². The van der Waals surface area contributed by atoms with Crippen LogP contribution in [0.3, 0.4) is 0 Å². The lowest BCUT2D eigenvalue weighted by Gasteiger charge is -2.19. The third-order valence-corrected chi connectivity index (χ3v) is 4.98. The van der Waals surface area contributed by atoms with Gasteiger partial charge < -0.3 is 35.4 Å². The zero-order valence-electron chi connectivity index (χ0n) is 18.3. The van der Waals surface area contributed by atoms with E-state index >= 15 is 0 Å². The quantitative estimate of drug-likeness (QED) is 0.360. The number of carbonyl (C=O) groups is 1. The molecule has 1 heterocycles. The highest BCUT2D eigenvalue weighted by molar-refractivity contribution is 5.91. The fourth-order valence-corrected chi connectivity index (χ4v) is 3.11. The average Bonchev–Trinajstić information content (AvgIpc) is 3.31. The van der Waals surface area contributed by atoms with Gasteiger partial charge in [0, 0.05) is 18.2 Å². The minimum absolute atomic E-state index is 0.00216. The molecule has 0 bridgehead atoms. The zero-order chi connectivity index (χ0) is 23.1. The first-order chi connectivity index (χ1) is 15.4. The number of carbonyl (C=O) groups excluding carboxylic acids is 1. The molecule has 32 heavy (non-hydrogen) atoms. The van der Waals surface area contributed by atoms with Gasteiger partial charge >= 0.3 is 0 Å². The number of H-pyrrole nitrogens is 1. The van der Waals surface area contributed by atoms with E-state index in [4.69, 9.17) is 19.9 Å². The highest BCUT2D eigenvalue weighted by atomic mass is 16.5. The number of rotatable bonds is 11. The van der Waals surface area contributed by atoms with Gasteiger partial charge in [0.05, 0.1) is 20.4 Å². The smallest absolute Gasteiger partial charge is 0.266 e. The van der Waals surface area contributed by atoms with Crippen molar-refractivity contribution in [3.8, 4) is 28.6 Å². The molecule has 0 aliphatic carbocycles. The van der Waals surface area contributed by atoms with Gasteiger partial charge in [-0.2, -0.15) is 0 Å². The number of primary amides is 1. The molecule has 0 aliphatic rings. The molecule has 0 radical (unpaired) electrons. The normalized spacial score (nSPS) is 12.8. The summed E-state index contributed by atoms with van der Waals surface area (Å²) in [5, 5.41) is 13.6. The number of hydrogen-bond acceptors (Lipinski definition) is 7. The lowest BCUT2D eigenvalue weighted by atomic mass is 10.1. The number of aliphatic hydroxyl groups is 1. The third-order valence-electron chi connectivity index (χ3n) is 4.98. The maximum Gasteiger partial charge on any atom is 0.266 e. The molecule has 0 spiro atoms. The fraction of sp³-hybridized carbons (Fsp3) is 0.304. The zero-order valence-corrected chi connectivity index (χ0v) is 18.3. The van der Waals surface area contributed by atoms with Gasteiger partial charge in [-0.05, 0) is 48.9 Å². The molecule has 170 valence electrons. The molecule has 0 fully saturated rings. The lowest BCUT2D eigenvalue weighted by molar-refractivity contribution is 0.0996. The number of benzene rings is 2. The predicted molar refractivity (Wildman–Crippen MR) is 120 cm³/mol.